The number of ether oxygens (including phenoxy) is 1. The fourth-order valence-electron chi connectivity index (χ4n) is 2.86. The van der Waals surface area contributed by atoms with Crippen molar-refractivity contribution in [2.24, 2.45) is 11.7 Å². The summed E-state index contributed by atoms with van der Waals surface area (Å²) in [5, 5.41) is 0. The molecular formula is C19H24F3N3O. The minimum atomic E-state index is -4.57. The third kappa shape index (κ3) is 5.42. The van der Waals surface area contributed by atoms with E-state index in [9.17, 15) is 13.2 Å². The minimum Gasteiger partial charge on any atom is -0.491 e. The van der Waals surface area contributed by atoms with Crippen molar-refractivity contribution >= 4 is 0 Å². The van der Waals surface area contributed by atoms with Gasteiger partial charge in [0.25, 0.3) is 0 Å². The zero-order valence-electron chi connectivity index (χ0n) is 15.4. The van der Waals surface area contributed by atoms with E-state index in [-0.39, 0.29) is 5.69 Å². The fourth-order valence-corrected chi connectivity index (χ4v) is 2.86. The lowest BCUT2D eigenvalue weighted by Gasteiger charge is -2.27. The molecule has 0 saturated carbocycles. The summed E-state index contributed by atoms with van der Waals surface area (Å²) in [7, 11) is 0. The van der Waals surface area contributed by atoms with Crippen molar-refractivity contribution in [3.05, 3.63) is 41.9 Å². The zero-order chi connectivity index (χ0) is 19.5. The lowest BCUT2D eigenvalue weighted by atomic mass is 9.93. The van der Waals surface area contributed by atoms with E-state index in [0.717, 1.165) is 18.2 Å². The van der Waals surface area contributed by atoms with Gasteiger partial charge >= 0.3 is 6.18 Å². The molecular weight excluding hydrogens is 343 g/mol. The molecule has 0 aliphatic carbocycles. The maximum Gasteiger partial charge on any atom is 0.451 e. The number of alkyl halides is 3. The number of hydrogen-bond acceptors (Lipinski definition) is 4. The SMILES string of the molecule is Cc1cc(-c2ccnc(C(F)(F)F)n2)ccc1OC[C@@](C)(N)CC(C)C. The molecule has 2 N–H and O–H groups in total. The van der Waals surface area contributed by atoms with Gasteiger partial charge in [0, 0.05) is 17.3 Å². The predicted molar refractivity (Wildman–Crippen MR) is 94.7 cm³/mol. The Morgan fingerprint density at radius 3 is 2.46 bits per heavy atom. The molecule has 2 aromatic rings. The summed E-state index contributed by atoms with van der Waals surface area (Å²) in [6.07, 6.45) is -2.64. The van der Waals surface area contributed by atoms with Crippen LogP contribution in [-0.2, 0) is 6.18 Å². The summed E-state index contributed by atoms with van der Waals surface area (Å²) in [6, 6.07) is 6.60. The number of benzene rings is 1. The topological polar surface area (TPSA) is 61.0 Å². The Hall–Kier alpha value is -2.15. The summed E-state index contributed by atoms with van der Waals surface area (Å²) in [5.74, 6) is -0.0440. The molecule has 0 unspecified atom stereocenters. The van der Waals surface area contributed by atoms with E-state index in [1.165, 1.54) is 6.07 Å². The number of halogens is 3. The van der Waals surface area contributed by atoms with E-state index in [4.69, 9.17) is 10.5 Å². The number of aromatic nitrogens is 2. The van der Waals surface area contributed by atoms with Crippen molar-refractivity contribution in [1.29, 1.82) is 0 Å². The van der Waals surface area contributed by atoms with E-state index < -0.39 is 17.5 Å². The first kappa shape index (κ1) is 20.2. The van der Waals surface area contributed by atoms with Crippen molar-refractivity contribution in [2.45, 2.75) is 45.8 Å². The molecule has 1 aromatic heterocycles. The van der Waals surface area contributed by atoms with Crippen LogP contribution in [0.25, 0.3) is 11.3 Å². The van der Waals surface area contributed by atoms with Crippen LogP contribution in [0, 0.1) is 12.8 Å². The van der Waals surface area contributed by atoms with Crippen molar-refractivity contribution in [1.82, 2.24) is 9.97 Å². The van der Waals surface area contributed by atoms with Gasteiger partial charge in [-0.2, -0.15) is 13.2 Å². The molecule has 0 saturated heterocycles. The average Bonchev–Trinajstić information content (AvgIpc) is 2.52. The first-order valence-electron chi connectivity index (χ1n) is 8.41. The molecule has 7 heteroatoms. The fraction of sp³-hybridized carbons (Fsp3) is 0.474. The van der Waals surface area contributed by atoms with Crippen LogP contribution in [0.15, 0.2) is 30.5 Å². The van der Waals surface area contributed by atoms with Gasteiger partial charge < -0.3 is 10.5 Å². The van der Waals surface area contributed by atoms with Crippen LogP contribution >= 0.6 is 0 Å². The molecule has 142 valence electrons. The van der Waals surface area contributed by atoms with Gasteiger partial charge in [-0.1, -0.05) is 13.8 Å². The maximum atomic E-state index is 12.8. The normalized spacial score (nSPS) is 14.3. The van der Waals surface area contributed by atoms with Crippen molar-refractivity contribution < 1.29 is 17.9 Å². The van der Waals surface area contributed by atoms with E-state index in [1.807, 2.05) is 13.8 Å². The summed E-state index contributed by atoms with van der Waals surface area (Å²) in [5.41, 5.74) is 7.38. The highest BCUT2D eigenvalue weighted by molar-refractivity contribution is 5.61. The first-order chi connectivity index (χ1) is 12.0. The minimum absolute atomic E-state index is 0.213. The third-order valence-corrected chi connectivity index (χ3v) is 3.81. The second-order valence-corrected chi connectivity index (χ2v) is 7.28. The largest absolute Gasteiger partial charge is 0.491 e. The third-order valence-electron chi connectivity index (χ3n) is 3.81. The lowest BCUT2D eigenvalue weighted by Crippen LogP contribution is -2.43. The molecule has 0 aliphatic rings. The highest BCUT2D eigenvalue weighted by Crippen LogP contribution is 2.29. The molecule has 1 atom stereocenters. The Labute approximate surface area is 151 Å². The number of aryl methyl sites for hydroxylation is 1. The highest BCUT2D eigenvalue weighted by atomic mass is 19.4. The van der Waals surface area contributed by atoms with E-state index >= 15 is 0 Å². The summed E-state index contributed by atoms with van der Waals surface area (Å²) in [6.45, 7) is 8.33. The van der Waals surface area contributed by atoms with Crippen LogP contribution in [0.4, 0.5) is 13.2 Å². The number of nitrogens with zero attached hydrogens (tertiary/aromatic N) is 2. The lowest BCUT2D eigenvalue weighted by molar-refractivity contribution is -0.144. The molecule has 0 aliphatic heterocycles. The van der Waals surface area contributed by atoms with Crippen LogP contribution < -0.4 is 10.5 Å². The van der Waals surface area contributed by atoms with Crippen LogP contribution in [-0.4, -0.2) is 22.1 Å². The standard InChI is InChI=1S/C19H24F3N3O/c1-12(2)10-18(4,23)11-26-16-6-5-14(9-13(16)3)15-7-8-24-17(25-15)19(20,21)22/h5-9,12H,10-11,23H2,1-4H3/t18-/m0/s1. The van der Waals surface area contributed by atoms with Gasteiger partial charge in [0.15, 0.2) is 0 Å². The van der Waals surface area contributed by atoms with Crippen LogP contribution in [0.5, 0.6) is 5.75 Å². The molecule has 4 nitrogen and oxygen atoms in total. The average molecular weight is 367 g/mol. The summed E-state index contributed by atoms with van der Waals surface area (Å²) < 4.78 is 44.2. The van der Waals surface area contributed by atoms with Gasteiger partial charge in [-0.3, -0.25) is 0 Å². The second-order valence-electron chi connectivity index (χ2n) is 7.28. The first-order valence-corrected chi connectivity index (χ1v) is 8.41. The van der Waals surface area contributed by atoms with Gasteiger partial charge in [-0.05, 0) is 56.0 Å². The Bertz CT molecular complexity index is 758. The highest BCUT2D eigenvalue weighted by Gasteiger charge is 2.34. The molecule has 0 bridgehead atoms. The smallest absolute Gasteiger partial charge is 0.451 e. The Morgan fingerprint density at radius 2 is 1.88 bits per heavy atom. The predicted octanol–water partition coefficient (Wildman–Crippen LogP) is 4.61. The molecule has 0 fully saturated rings. The number of nitrogens with two attached hydrogens (primary N) is 1. The van der Waals surface area contributed by atoms with Crippen molar-refractivity contribution in [2.75, 3.05) is 6.61 Å². The monoisotopic (exact) mass is 367 g/mol. The molecule has 0 radical (unpaired) electrons. The van der Waals surface area contributed by atoms with Crippen LogP contribution in [0.2, 0.25) is 0 Å². The van der Waals surface area contributed by atoms with Crippen molar-refractivity contribution in [3.8, 4) is 17.0 Å². The van der Waals surface area contributed by atoms with Crippen LogP contribution in [0.1, 0.15) is 38.6 Å². The van der Waals surface area contributed by atoms with Gasteiger partial charge in [0.05, 0.1) is 5.69 Å². The van der Waals surface area contributed by atoms with Crippen LogP contribution in [0.3, 0.4) is 0 Å². The molecule has 26 heavy (non-hydrogen) atoms. The van der Waals surface area contributed by atoms with Gasteiger partial charge in [0.2, 0.25) is 5.82 Å². The van der Waals surface area contributed by atoms with Gasteiger partial charge in [-0.15, -0.1) is 0 Å². The van der Waals surface area contributed by atoms with Crippen molar-refractivity contribution in [3.63, 3.8) is 0 Å². The Kier molecular flexibility index (Phi) is 5.91. The number of hydrogen-bond donors (Lipinski definition) is 1. The summed E-state index contributed by atoms with van der Waals surface area (Å²) >= 11 is 0. The molecule has 1 heterocycles. The maximum absolute atomic E-state index is 12.8. The molecule has 2 rings (SSSR count). The van der Waals surface area contributed by atoms with Gasteiger partial charge in [-0.25, -0.2) is 9.97 Å². The second kappa shape index (κ2) is 7.61. The number of rotatable bonds is 6. The van der Waals surface area contributed by atoms with E-state index in [1.54, 1.807) is 18.2 Å². The van der Waals surface area contributed by atoms with Gasteiger partial charge in [0.1, 0.15) is 12.4 Å². The zero-order valence-corrected chi connectivity index (χ0v) is 15.4. The Morgan fingerprint density at radius 1 is 1.19 bits per heavy atom. The van der Waals surface area contributed by atoms with E-state index in [2.05, 4.69) is 23.8 Å². The molecule has 0 amide bonds. The molecule has 0 spiro atoms. The quantitative estimate of drug-likeness (QED) is 0.810. The summed E-state index contributed by atoms with van der Waals surface area (Å²) in [4.78, 5) is 6.89. The molecule has 1 aromatic carbocycles. The Balaban J connectivity index is 2.17. The van der Waals surface area contributed by atoms with E-state index in [0.29, 0.717) is 23.8 Å².